The summed E-state index contributed by atoms with van der Waals surface area (Å²) in [6.07, 6.45) is 1.67. The van der Waals surface area contributed by atoms with E-state index in [1.54, 1.807) is 6.20 Å². The number of benzene rings is 1. The average molecular weight is 324 g/mol. The van der Waals surface area contributed by atoms with Crippen LogP contribution in [0.25, 0.3) is 10.8 Å². The summed E-state index contributed by atoms with van der Waals surface area (Å²) >= 11 is 0. The van der Waals surface area contributed by atoms with Crippen LogP contribution in [0.15, 0.2) is 41.3 Å². The van der Waals surface area contributed by atoms with Crippen molar-refractivity contribution in [1.82, 2.24) is 19.7 Å². The molecule has 0 atom stereocenters. The van der Waals surface area contributed by atoms with Gasteiger partial charge in [0.15, 0.2) is 0 Å². The van der Waals surface area contributed by atoms with E-state index in [9.17, 15) is 9.59 Å². The van der Waals surface area contributed by atoms with E-state index in [-0.39, 0.29) is 18.0 Å². The maximum Gasteiger partial charge on any atom is 0.276 e. The fraction of sp³-hybridized carbons (Fsp3) is 0.278. The number of nitrogens with one attached hydrogen (secondary N) is 1. The molecule has 0 spiro atoms. The largest absolute Gasteiger partial charge is 0.358 e. The number of carbonyl (C=O) groups is 1. The number of hydrogen-bond acceptors (Lipinski definition) is 3. The van der Waals surface area contributed by atoms with Gasteiger partial charge in [-0.25, -0.2) is 4.68 Å². The second-order valence-corrected chi connectivity index (χ2v) is 5.81. The predicted molar refractivity (Wildman–Crippen MR) is 93.1 cm³/mol. The zero-order valence-electron chi connectivity index (χ0n) is 14.0. The van der Waals surface area contributed by atoms with Crippen LogP contribution in [0.3, 0.4) is 0 Å². The third-order valence-corrected chi connectivity index (χ3v) is 4.36. The van der Waals surface area contributed by atoms with Crippen molar-refractivity contribution < 1.29 is 4.79 Å². The molecule has 2 heterocycles. The lowest BCUT2D eigenvalue weighted by Gasteiger charge is -2.09. The van der Waals surface area contributed by atoms with Crippen molar-refractivity contribution >= 4 is 16.7 Å². The smallest absolute Gasteiger partial charge is 0.276 e. The normalized spacial score (nSPS) is 11.0. The Morgan fingerprint density at radius 3 is 2.54 bits per heavy atom. The zero-order chi connectivity index (χ0) is 17.3. The highest BCUT2D eigenvalue weighted by molar-refractivity contribution is 5.87. The molecule has 3 aromatic rings. The van der Waals surface area contributed by atoms with Crippen LogP contribution in [-0.4, -0.2) is 27.3 Å². The highest BCUT2D eigenvalue weighted by Crippen LogP contribution is 2.23. The number of nitrogens with zero attached hydrogens (tertiary/aromatic N) is 3. The van der Waals surface area contributed by atoms with Gasteiger partial charge in [0.1, 0.15) is 6.54 Å². The van der Waals surface area contributed by atoms with E-state index in [1.807, 2.05) is 32.0 Å². The molecule has 2 aromatic heterocycles. The summed E-state index contributed by atoms with van der Waals surface area (Å²) < 4.78 is 3.33. The molecule has 6 nitrogen and oxygen atoms in total. The minimum absolute atomic E-state index is 0.0758. The molecule has 3 rings (SSSR count). The van der Waals surface area contributed by atoms with Crippen molar-refractivity contribution in [3.05, 3.63) is 63.8 Å². The van der Waals surface area contributed by atoms with Crippen molar-refractivity contribution in [2.45, 2.75) is 26.9 Å². The maximum absolute atomic E-state index is 12.7. The first-order valence-corrected chi connectivity index (χ1v) is 7.83. The summed E-state index contributed by atoms with van der Waals surface area (Å²) in [5, 5.41) is 8.12. The highest BCUT2D eigenvalue weighted by atomic mass is 16.2. The molecule has 0 radical (unpaired) electrons. The van der Waals surface area contributed by atoms with Gasteiger partial charge in [0.25, 0.3) is 5.56 Å². The Morgan fingerprint density at radius 1 is 1.17 bits per heavy atom. The summed E-state index contributed by atoms with van der Waals surface area (Å²) in [5.74, 6) is -0.248. The van der Waals surface area contributed by atoms with Gasteiger partial charge < -0.3 is 9.88 Å². The summed E-state index contributed by atoms with van der Waals surface area (Å²) in [6.45, 7) is 4.54. The Labute approximate surface area is 139 Å². The van der Waals surface area contributed by atoms with Crippen molar-refractivity contribution in [3.63, 3.8) is 0 Å². The van der Waals surface area contributed by atoms with E-state index < -0.39 is 0 Å². The number of amides is 1. The number of aromatic nitrogens is 3. The maximum atomic E-state index is 12.7. The van der Waals surface area contributed by atoms with Crippen LogP contribution in [-0.2, 0) is 17.9 Å². The van der Waals surface area contributed by atoms with E-state index in [4.69, 9.17) is 0 Å². The van der Waals surface area contributed by atoms with Crippen LogP contribution < -0.4 is 10.9 Å². The van der Waals surface area contributed by atoms with Crippen LogP contribution >= 0.6 is 0 Å². The van der Waals surface area contributed by atoms with Crippen LogP contribution in [0.2, 0.25) is 0 Å². The van der Waals surface area contributed by atoms with Crippen molar-refractivity contribution in [2.24, 2.45) is 0 Å². The molecule has 0 aliphatic heterocycles. The first-order valence-electron chi connectivity index (χ1n) is 7.83. The average Bonchev–Trinajstić information content (AvgIpc) is 2.83. The Hall–Kier alpha value is -2.89. The number of hydrogen-bond donors (Lipinski definition) is 1. The number of aryl methyl sites for hydroxylation is 2. The van der Waals surface area contributed by atoms with Gasteiger partial charge in [-0.15, -0.1) is 0 Å². The molecule has 1 N–H and O–H groups in total. The molecular formula is C18H20N4O2. The SMILES string of the molecule is CNC(=O)Cn1ncc2c(C)n(Cc3ccccc3)c(C)c2c1=O. The molecular weight excluding hydrogens is 304 g/mol. The number of rotatable bonds is 4. The van der Waals surface area contributed by atoms with Gasteiger partial charge in [-0.3, -0.25) is 9.59 Å². The number of fused-ring (bicyclic) bond motifs is 1. The van der Waals surface area contributed by atoms with Crippen molar-refractivity contribution in [3.8, 4) is 0 Å². The predicted octanol–water partition coefficient (Wildman–Crippen LogP) is 1.61. The molecule has 0 saturated heterocycles. The van der Waals surface area contributed by atoms with E-state index in [0.717, 1.165) is 16.8 Å². The Morgan fingerprint density at radius 2 is 1.88 bits per heavy atom. The van der Waals surface area contributed by atoms with Gasteiger partial charge in [-0.1, -0.05) is 30.3 Å². The molecule has 1 aromatic carbocycles. The van der Waals surface area contributed by atoms with Crippen molar-refractivity contribution in [2.75, 3.05) is 7.05 Å². The minimum Gasteiger partial charge on any atom is -0.358 e. The number of likely N-dealkylation sites (N-methyl/N-ethyl adjacent to an activating group) is 1. The van der Waals surface area contributed by atoms with Crippen LogP contribution in [0.5, 0.6) is 0 Å². The Bertz CT molecular complexity index is 955. The molecule has 124 valence electrons. The van der Waals surface area contributed by atoms with Gasteiger partial charge in [-0.2, -0.15) is 5.10 Å². The first-order chi connectivity index (χ1) is 11.5. The topological polar surface area (TPSA) is 68.9 Å². The molecule has 24 heavy (non-hydrogen) atoms. The first kappa shape index (κ1) is 16.0. The summed E-state index contributed by atoms with van der Waals surface area (Å²) in [7, 11) is 1.54. The monoisotopic (exact) mass is 324 g/mol. The molecule has 6 heteroatoms. The fourth-order valence-corrected chi connectivity index (χ4v) is 2.98. The third-order valence-electron chi connectivity index (χ3n) is 4.36. The molecule has 0 saturated carbocycles. The van der Waals surface area contributed by atoms with Gasteiger partial charge >= 0.3 is 0 Å². The zero-order valence-corrected chi connectivity index (χ0v) is 14.0. The van der Waals surface area contributed by atoms with Crippen molar-refractivity contribution in [1.29, 1.82) is 0 Å². The van der Waals surface area contributed by atoms with Gasteiger partial charge in [0, 0.05) is 30.4 Å². The second kappa shape index (κ2) is 6.31. The molecule has 1 amide bonds. The quantitative estimate of drug-likeness (QED) is 0.793. The molecule has 0 bridgehead atoms. The second-order valence-electron chi connectivity index (χ2n) is 5.81. The molecule has 0 aliphatic rings. The van der Waals surface area contributed by atoms with Gasteiger partial charge in [-0.05, 0) is 19.4 Å². The molecule has 0 fully saturated rings. The van der Waals surface area contributed by atoms with Gasteiger partial charge in [0.05, 0.1) is 11.6 Å². The minimum atomic E-state index is -0.248. The Balaban J connectivity index is 2.11. The fourth-order valence-electron chi connectivity index (χ4n) is 2.98. The molecule has 0 unspecified atom stereocenters. The summed E-state index contributed by atoms with van der Waals surface area (Å²) in [6, 6.07) is 10.1. The summed E-state index contributed by atoms with van der Waals surface area (Å²) in [4.78, 5) is 24.3. The van der Waals surface area contributed by atoms with E-state index >= 15 is 0 Å². The van der Waals surface area contributed by atoms with Crippen LogP contribution in [0.4, 0.5) is 0 Å². The number of carbonyl (C=O) groups excluding carboxylic acids is 1. The lowest BCUT2D eigenvalue weighted by Crippen LogP contribution is -2.31. The molecule has 0 aliphatic carbocycles. The van der Waals surface area contributed by atoms with Crippen LogP contribution in [0.1, 0.15) is 17.0 Å². The standard InChI is InChI=1S/C18H20N4O2/c1-12-15-9-20-22(11-16(23)19-3)18(24)17(15)13(2)21(12)10-14-7-5-4-6-8-14/h4-9H,10-11H2,1-3H3,(H,19,23). The van der Waals surface area contributed by atoms with Gasteiger partial charge in [0.2, 0.25) is 5.91 Å². The Kier molecular flexibility index (Phi) is 4.20. The van der Waals surface area contributed by atoms with Crippen LogP contribution in [0, 0.1) is 13.8 Å². The van der Waals surface area contributed by atoms with E-state index in [0.29, 0.717) is 11.9 Å². The van der Waals surface area contributed by atoms with E-state index in [2.05, 4.69) is 27.1 Å². The lowest BCUT2D eigenvalue weighted by atomic mass is 10.2. The highest BCUT2D eigenvalue weighted by Gasteiger charge is 2.17. The lowest BCUT2D eigenvalue weighted by molar-refractivity contribution is -0.121. The third kappa shape index (κ3) is 2.71. The summed E-state index contributed by atoms with van der Waals surface area (Å²) in [5.41, 5.74) is 2.83. The van der Waals surface area contributed by atoms with E-state index in [1.165, 1.54) is 17.3 Å².